The molecule has 0 saturated carbocycles. The lowest BCUT2D eigenvalue weighted by atomic mass is 9.79. The zero-order valence-electron chi connectivity index (χ0n) is 23.2. The summed E-state index contributed by atoms with van der Waals surface area (Å²) in [6.45, 7) is 4.73. The van der Waals surface area contributed by atoms with Gasteiger partial charge in [-0.25, -0.2) is 8.70 Å². The fraction of sp³-hybridized carbons (Fsp3) is 0.567. The maximum Gasteiger partial charge on any atom is 0.414 e. The monoisotopic (exact) mass is 615 g/mol. The Hall–Kier alpha value is -1.85. The van der Waals surface area contributed by atoms with Gasteiger partial charge in [-0.1, -0.05) is 48.7 Å². The Morgan fingerprint density at radius 2 is 2.00 bits per heavy atom. The molecule has 0 aromatic heterocycles. The number of nitrogens with one attached hydrogen (secondary N) is 2. The highest BCUT2D eigenvalue weighted by Gasteiger charge is 2.44. The molecule has 2 N–H and O–H groups in total. The van der Waals surface area contributed by atoms with Crippen molar-refractivity contribution >= 4 is 35.1 Å². The second-order valence-corrected chi connectivity index (χ2v) is 12.3. The van der Waals surface area contributed by atoms with Gasteiger partial charge in [0.2, 0.25) is 5.91 Å². The number of hydrogen-bond acceptors (Lipinski definition) is 5. The molecule has 2 saturated heterocycles. The number of piperazine rings is 1. The molecule has 4 rings (SSSR count). The molecule has 1 amide bonds. The number of carbonyl (C=O) groups excluding carboxylic acids is 1. The van der Waals surface area contributed by atoms with Crippen LogP contribution in [0.4, 0.5) is 23.2 Å². The molecule has 226 valence electrons. The molecular weight excluding hydrogens is 578 g/mol. The normalized spacial score (nSPS) is 22.8. The maximum absolute atomic E-state index is 15.0. The Bertz CT molecular complexity index is 1130. The molecule has 2 aromatic carbocycles. The van der Waals surface area contributed by atoms with Gasteiger partial charge < -0.3 is 15.4 Å². The lowest BCUT2D eigenvalue weighted by Crippen LogP contribution is -2.48. The van der Waals surface area contributed by atoms with E-state index in [9.17, 15) is 18.0 Å². The number of hydrogen-bond donors (Lipinski definition) is 2. The lowest BCUT2D eigenvalue weighted by Gasteiger charge is -2.35. The van der Waals surface area contributed by atoms with Gasteiger partial charge in [-0.15, -0.1) is 0 Å². The van der Waals surface area contributed by atoms with Crippen molar-refractivity contribution in [2.24, 2.45) is 5.92 Å². The summed E-state index contributed by atoms with van der Waals surface area (Å²) in [6, 6.07) is 11.9. The summed E-state index contributed by atoms with van der Waals surface area (Å²) < 4.78 is 62.1. The second kappa shape index (κ2) is 15.0. The summed E-state index contributed by atoms with van der Waals surface area (Å²) in [7, 11) is 0. The number of alkyl halides is 3. The Morgan fingerprint density at radius 3 is 2.68 bits per heavy atom. The van der Waals surface area contributed by atoms with Crippen molar-refractivity contribution in [3.05, 3.63) is 64.4 Å². The molecular formula is C30H38ClF4N3O2S. The molecule has 2 aliphatic heterocycles. The Balaban J connectivity index is 1.45. The minimum absolute atomic E-state index is 0.0241. The van der Waals surface area contributed by atoms with Crippen LogP contribution >= 0.6 is 23.5 Å². The first-order valence-electron chi connectivity index (χ1n) is 14.3. The molecule has 2 aromatic rings. The van der Waals surface area contributed by atoms with Crippen LogP contribution in [0.1, 0.15) is 56.1 Å². The predicted molar refractivity (Wildman–Crippen MR) is 157 cm³/mol. The molecule has 5 nitrogen and oxygen atoms in total. The van der Waals surface area contributed by atoms with E-state index in [1.54, 1.807) is 36.4 Å². The van der Waals surface area contributed by atoms with E-state index in [1.165, 1.54) is 6.07 Å². The Kier molecular flexibility index (Phi) is 11.8. The maximum atomic E-state index is 15.0. The van der Waals surface area contributed by atoms with Gasteiger partial charge in [0.25, 0.3) is 0 Å². The van der Waals surface area contributed by atoms with E-state index in [4.69, 9.17) is 16.3 Å². The number of nitrogens with zero attached hydrogens (tertiary/aromatic N) is 1. The summed E-state index contributed by atoms with van der Waals surface area (Å²) in [5.41, 5.74) is 1.69. The standard InChI is InChI=1S/C30H38ClF4N3O2S/c1-2-16-41-38-15-14-36-18-23(38)11-12-24-26(32)4-3-5-27(24)37-29(39)17-25(20-6-9-22(31)10-7-20)21-8-13-28(40-19-21)30(33,34)35/h3-7,9-10,21,23,25,28,36H,2,8,11-19H2,1H3,(H,37,39). The first kappa shape index (κ1) is 32.1. The number of halogens is 5. The van der Waals surface area contributed by atoms with E-state index in [2.05, 4.69) is 21.9 Å². The van der Waals surface area contributed by atoms with Crippen molar-refractivity contribution in [3.8, 4) is 0 Å². The molecule has 2 heterocycles. The quantitative estimate of drug-likeness (QED) is 0.207. The highest BCUT2D eigenvalue weighted by Crippen LogP contribution is 2.39. The molecule has 0 radical (unpaired) electrons. The van der Waals surface area contributed by atoms with Gasteiger partial charge in [0, 0.05) is 54.1 Å². The van der Waals surface area contributed by atoms with Gasteiger partial charge in [0.15, 0.2) is 6.10 Å². The van der Waals surface area contributed by atoms with Crippen LogP contribution < -0.4 is 10.6 Å². The van der Waals surface area contributed by atoms with Crippen molar-refractivity contribution in [1.82, 2.24) is 9.62 Å². The molecule has 2 aliphatic rings. The minimum atomic E-state index is -4.41. The number of anilines is 1. The average Bonchev–Trinajstić information content (AvgIpc) is 2.95. The van der Waals surface area contributed by atoms with Crippen LogP contribution in [0.5, 0.6) is 0 Å². The van der Waals surface area contributed by atoms with E-state index in [0.717, 1.165) is 43.8 Å². The smallest absolute Gasteiger partial charge is 0.368 e. The number of ether oxygens (including phenoxy) is 1. The number of carbonyl (C=O) groups is 1. The predicted octanol–water partition coefficient (Wildman–Crippen LogP) is 7.21. The highest BCUT2D eigenvalue weighted by atomic mass is 35.5. The van der Waals surface area contributed by atoms with E-state index in [-0.39, 0.29) is 55.5 Å². The third kappa shape index (κ3) is 9.07. The summed E-state index contributed by atoms with van der Waals surface area (Å²) in [4.78, 5) is 13.4. The molecule has 0 spiro atoms. The van der Waals surface area contributed by atoms with Crippen molar-refractivity contribution in [2.45, 2.75) is 69.7 Å². The first-order valence-corrected chi connectivity index (χ1v) is 15.6. The SMILES string of the molecule is CCCSN1CCNCC1CCc1c(F)cccc1NC(=O)CC(c1ccc(Cl)cc1)C1CCC(C(F)(F)F)OC1. The van der Waals surface area contributed by atoms with Gasteiger partial charge >= 0.3 is 6.18 Å². The van der Waals surface area contributed by atoms with Crippen LogP contribution in [0, 0.1) is 11.7 Å². The number of amides is 1. The summed E-state index contributed by atoms with van der Waals surface area (Å²) in [6.07, 6.45) is -3.77. The van der Waals surface area contributed by atoms with Crippen molar-refractivity contribution in [2.75, 3.05) is 37.3 Å². The van der Waals surface area contributed by atoms with E-state index < -0.39 is 12.3 Å². The van der Waals surface area contributed by atoms with E-state index in [0.29, 0.717) is 22.7 Å². The van der Waals surface area contributed by atoms with Crippen molar-refractivity contribution < 1.29 is 27.1 Å². The summed E-state index contributed by atoms with van der Waals surface area (Å²) >= 11 is 7.89. The van der Waals surface area contributed by atoms with Gasteiger partial charge in [-0.3, -0.25) is 4.79 Å². The first-order chi connectivity index (χ1) is 19.7. The highest BCUT2D eigenvalue weighted by molar-refractivity contribution is 7.97. The average molecular weight is 616 g/mol. The molecule has 4 unspecified atom stereocenters. The van der Waals surface area contributed by atoms with Crippen molar-refractivity contribution in [3.63, 3.8) is 0 Å². The van der Waals surface area contributed by atoms with Crippen LogP contribution in [0.15, 0.2) is 42.5 Å². The summed E-state index contributed by atoms with van der Waals surface area (Å²) in [5.74, 6) is -0.315. The lowest BCUT2D eigenvalue weighted by molar-refractivity contribution is -0.236. The largest absolute Gasteiger partial charge is 0.414 e. The zero-order valence-corrected chi connectivity index (χ0v) is 24.8. The fourth-order valence-corrected chi connectivity index (χ4v) is 6.78. The van der Waals surface area contributed by atoms with Crippen LogP contribution in [-0.4, -0.2) is 60.5 Å². The van der Waals surface area contributed by atoms with E-state index >= 15 is 4.39 Å². The fourth-order valence-electron chi connectivity index (χ4n) is 5.62. The van der Waals surface area contributed by atoms with Gasteiger partial charge in [-0.2, -0.15) is 13.2 Å². The number of rotatable bonds is 11. The molecule has 11 heteroatoms. The second-order valence-electron chi connectivity index (χ2n) is 10.7. The van der Waals surface area contributed by atoms with Crippen LogP contribution in [0.3, 0.4) is 0 Å². The van der Waals surface area contributed by atoms with E-state index in [1.807, 2.05) is 11.9 Å². The Labute approximate surface area is 248 Å². The van der Waals surface area contributed by atoms with Gasteiger partial charge in [0.05, 0.1) is 6.61 Å². The van der Waals surface area contributed by atoms with Gasteiger partial charge in [-0.05, 0) is 73.8 Å². The Morgan fingerprint density at radius 1 is 1.22 bits per heavy atom. The minimum Gasteiger partial charge on any atom is -0.368 e. The molecule has 4 atom stereocenters. The van der Waals surface area contributed by atoms with Crippen LogP contribution in [-0.2, 0) is 16.0 Å². The van der Waals surface area contributed by atoms with Crippen LogP contribution in [0.2, 0.25) is 5.02 Å². The third-order valence-corrected chi connectivity index (χ3v) is 9.48. The third-order valence-electron chi connectivity index (χ3n) is 7.83. The molecule has 41 heavy (non-hydrogen) atoms. The molecule has 2 fully saturated rings. The van der Waals surface area contributed by atoms with Crippen LogP contribution in [0.25, 0.3) is 0 Å². The number of benzene rings is 2. The zero-order chi connectivity index (χ0) is 29.4. The van der Waals surface area contributed by atoms with Gasteiger partial charge in [0.1, 0.15) is 5.82 Å². The van der Waals surface area contributed by atoms with Crippen molar-refractivity contribution in [1.29, 1.82) is 0 Å². The summed E-state index contributed by atoms with van der Waals surface area (Å²) in [5, 5.41) is 6.86. The molecule has 0 aliphatic carbocycles. The molecule has 0 bridgehead atoms. The topological polar surface area (TPSA) is 53.6 Å².